The summed E-state index contributed by atoms with van der Waals surface area (Å²) in [6.07, 6.45) is 3.28. The Morgan fingerprint density at radius 3 is 2.93 bits per heavy atom. The number of aldehydes is 1. The summed E-state index contributed by atoms with van der Waals surface area (Å²) in [5.41, 5.74) is 1.91. The van der Waals surface area contributed by atoms with Crippen molar-refractivity contribution in [1.29, 1.82) is 0 Å². The third kappa shape index (κ3) is 1.65. The van der Waals surface area contributed by atoms with Crippen LogP contribution in [0.15, 0.2) is 24.4 Å². The van der Waals surface area contributed by atoms with Crippen LogP contribution in [-0.4, -0.2) is 15.7 Å². The molecule has 2 rings (SSSR count). The van der Waals surface area contributed by atoms with Gasteiger partial charge in [-0.05, 0) is 12.1 Å². The SMILES string of the molecule is CC(C)c1nc(CC=O)c2ccccn12. The predicted octanol–water partition coefficient (Wildman–Crippen LogP) is 2.20. The summed E-state index contributed by atoms with van der Waals surface area (Å²) in [7, 11) is 0. The van der Waals surface area contributed by atoms with E-state index in [1.54, 1.807) is 0 Å². The van der Waals surface area contributed by atoms with Crippen molar-refractivity contribution in [2.75, 3.05) is 0 Å². The van der Waals surface area contributed by atoms with E-state index in [9.17, 15) is 4.79 Å². The Morgan fingerprint density at radius 2 is 2.27 bits per heavy atom. The summed E-state index contributed by atoms with van der Waals surface area (Å²) in [5.74, 6) is 1.38. The molecule has 0 unspecified atom stereocenters. The maximum Gasteiger partial charge on any atom is 0.126 e. The molecule has 0 radical (unpaired) electrons. The largest absolute Gasteiger partial charge is 0.303 e. The zero-order chi connectivity index (χ0) is 10.8. The van der Waals surface area contributed by atoms with E-state index >= 15 is 0 Å². The minimum Gasteiger partial charge on any atom is -0.303 e. The first kappa shape index (κ1) is 9.90. The number of rotatable bonds is 3. The monoisotopic (exact) mass is 202 g/mol. The molecule has 2 aromatic heterocycles. The lowest BCUT2D eigenvalue weighted by Gasteiger charge is -2.02. The second kappa shape index (κ2) is 3.85. The Morgan fingerprint density at radius 1 is 1.47 bits per heavy atom. The van der Waals surface area contributed by atoms with Gasteiger partial charge in [-0.15, -0.1) is 0 Å². The lowest BCUT2D eigenvalue weighted by atomic mass is 10.2. The highest BCUT2D eigenvalue weighted by molar-refractivity contribution is 5.63. The van der Waals surface area contributed by atoms with Gasteiger partial charge in [0.15, 0.2) is 0 Å². The summed E-state index contributed by atoms with van der Waals surface area (Å²) in [6.45, 7) is 4.21. The topological polar surface area (TPSA) is 34.4 Å². The molecule has 0 fully saturated rings. The van der Waals surface area contributed by atoms with Crippen molar-refractivity contribution in [3.8, 4) is 0 Å². The number of fused-ring (bicyclic) bond motifs is 1. The van der Waals surface area contributed by atoms with Gasteiger partial charge in [0.25, 0.3) is 0 Å². The summed E-state index contributed by atoms with van der Waals surface area (Å²) in [4.78, 5) is 15.1. The van der Waals surface area contributed by atoms with Gasteiger partial charge in [-0.25, -0.2) is 4.98 Å². The highest BCUT2D eigenvalue weighted by atomic mass is 16.1. The molecule has 2 heterocycles. The maximum atomic E-state index is 10.5. The Balaban J connectivity index is 2.67. The van der Waals surface area contributed by atoms with Crippen LogP contribution in [0.5, 0.6) is 0 Å². The van der Waals surface area contributed by atoms with Crippen LogP contribution in [-0.2, 0) is 11.2 Å². The molecule has 3 nitrogen and oxygen atoms in total. The van der Waals surface area contributed by atoms with Crippen molar-refractivity contribution in [2.24, 2.45) is 0 Å². The molecule has 0 bridgehead atoms. The van der Waals surface area contributed by atoms with Crippen LogP contribution < -0.4 is 0 Å². The molecule has 0 amide bonds. The van der Waals surface area contributed by atoms with Gasteiger partial charge in [0, 0.05) is 18.5 Å². The van der Waals surface area contributed by atoms with Crippen LogP contribution >= 0.6 is 0 Å². The van der Waals surface area contributed by atoms with E-state index in [2.05, 4.69) is 23.2 Å². The van der Waals surface area contributed by atoms with Gasteiger partial charge < -0.3 is 9.20 Å². The van der Waals surface area contributed by atoms with Crippen molar-refractivity contribution < 1.29 is 4.79 Å². The van der Waals surface area contributed by atoms with Crippen LogP contribution in [0.1, 0.15) is 31.3 Å². The number of carbonyl (C=O) groups is 1. The predicted molar refractivity (Wildman–Crippen MR) is 59.0 cm³/mol. The average molecular weight is 202 g/mol. The normalized spacial score (nSPS) is 11.1. The zero-order valence-corrected chi connectivity index (χ0v) is 8.97. The molecule has 0 atom stereocenters. The van der Waals surface area contributed by atoms with Crippen LogP contribution in [0.3, 0.4) is 0 Å². The lowest BCUT2D eigenvalue weighted by molar-refractivity contribution is -0.107. The molecule has 0 spiro atoms. The fraction of sp³-hybridized carbons (Fsp3) is 0.333. The Bertz CT molecular complexity index is 485. The quantitative estimate of drug-likeness (QED) is 0.715. The smallest absolute Gasteiger partial charge is 0.126 e. The molecule has 0 aromatic carbocycles. The van der Waals surface area contributed by atoms with Gasteiger partial charge in [-0.1, -0.05) is 19.9 Å². The first-order valence-electron chi connectivity index (χ1n) is 5.13. The van der Waals surface area contributed by atoms with E-state index in [-0.39, 0.29) is 0 Å². The van der Waals surface area contributed by atoms with E-state index in [4.69, 9.17) is 0 Å². The molecule has 0 saturated carbocycles. The average Bonchev–Trinajstić information content (AvgIpc) is 2.59. The minimum absolute atomic E-state index is 0.361. The van der Waals surface area contributed by atoms with Gasteiger partial charge >= 0.3 is 0 Å². The fourth-order valence-electron chi connectivity index (χ4n) is 1.76. The third-order valence-corrected chi connectivity index (χ3v) is 2.44. The Kier molecular flexibility index (Phi) is 2.54. The molecule has 15 heavy (non-hydrogen) atoms. The maximum absolute atomic E-state index is 10.5. The highest BCUT2D eigenvalue weighted by Gasteiger charge is 2.12. The summed E-state index contributed by atoms with van der Waals surface area (Å²) in [5, 5.41) is 0. The fourth-order valence-corrected chi connectivity index (χ4v) is 1.76. The third-order valence-electron chi connectivity index (χ3n) is 2.44. The molecule has 2 aromatic rings. The van der Waals surface area contributed by atoms with Gasteiger partial charge in [0.2, 0.25) is 0 Å². The van der Waals surface area contributed by atoms with E-state index in [1.165, 1.54) is 0 Å². The number of carbonyl (C=O) groups excluding carboxylic acids is 1. The second-order valence-corrected chi connectivity index (χ2v) is 3.90. The van der Waals surface area contributed by atoms with E-state index in [0.717, 1.165) is 23.3 Å². The molecular formula is C12H14N2O. The second-order valence-electron chi connectivity index (χ2n) is 3.90. The summed E-state index contributed by atoms with van der Waals surface area (Å²) < 4.78 is 2.06. The minimum atomic E-state index is 0.361. The van der Waals surface area contributed by atoms with E-state index in [1.807, 2.05) is 24.4 Å². The van der Waals surface area contributed by atoms with Crippen molar-refractivity contribution in [2.45, 2.75) is 26.2 Å². The number of hydrogen-bond donors (Lipinski definition) is 0. The number of nitrogens with zero attached hydrogens (tertiary/aromatic N) is 2. The van der Waals surface area contributed by atoms with Crippen LogP contribution in [0.4, 0.5) is 0 Å². The highest BCUT2D eigenvalue weighted by Crippen LogP contribution is 2.19. The number of aromatic nitrogens is 2. The van der Waals surface area contributed by atoms with Gasteiger partial charge in [-0.2, -0.15) is 0 Å². The van der Waals surface area contributed by atoms with Gasteiger partial charge in [0.1, 0.15) is 12.1 Å². The molecule has 0 saturated heterocycles. The molecule has 78 valence electrons. The molecule has 0 aliphatic rings. The Labute approximate surface area is 88.8 Å². The van der Waals surface area contributed by atoms with Crippen LogP contribution in [0.2, 0.25) is 0 Å². The number of pyridine rings is 1. The molecule has 3 heteroatoms. The van der Waals surface area contributed by atoms with E-state index < -0.39 is 0 Å². The molecular weight excluding hydrogens is 188 g/mol. The van der Waals surface area contributed by atoms with Gasteiger partial charge in [-0.3, -0.25) is 0 Å². The van der Waals surface area contributed by atoms with Crippen molar-refractivity contribution >= 4 is 11.8 Å². The molecule has 0 aliphatic heterocycles. The Hall–Kier alpha value is -1.64. The molecule has 0 aliphatic carbocycles. The first-order valence-corrected chi connectivity index (χ1v) is 5.13. The number of imidazole rings is 1. The first-order chi connectivity index (χ1) is 7.24. The number of hydrogen-bond acceptors (Lipinski definition) is 2. The van der Waals surface area contributed by atoms with Crippen molar-refractivity contribution in [3.05, 3.63) is 35.9 Å². The lowest BCUT2D eigenvalue weighted by Crippen LogP contribution is -1.95. The summed E-state index contributed by atoms with van der Waals surface area (Å²) in [6, 6.07) is 5.94. The van der Waals surface area contributed by atoms with E-state index in [0.29, 0.717) is 12.3 Å². The zero-order valence-electron chi connectivity index (χ0n) is 8.97. The van der Waals surface area contributed by atoms with Crippen molar-refractivity contribution in [3.63, 3.8) is 0 Å². The van der Waals surface area contributed by atoms with Crippen LogP contribution in [0, 0.1) is 0 Å². The van der Waals surface area contributed by atoms with Crippen LogP contribution in [0.25, 0.3) is 5.52 Å². The standard InChI is InChI=1S/C12H14N2O/c1-9(2)12-13-10(6-8-15)11-5-3-4-7-14(11)12/h3-5,7-9H,6H2,1-2H3. The summed E-state index contributed by atoms with van der Waals surface area (Å²) >= 11 is 0. The van der Waals surface area contributed by atoms with Crippen molar-refractivity contribution in [1.82, 2.24) is 9.38 Å². The molecule has 0 N–H and O–H groups in total. The van der Waals surface area contributed by atoms with Gasteiger partial charge in [0.05, 0.1) is 11.2 Å².